The molecule has 2 aromatic heterocycles. The molecule has 1 N–H and O–H groups in total. The molecule has 0 aromatic carbocycles. The smallest absolute Gasteiger partial charge is 0.263 e. The fourth-order valence-electron chi connectivity index (χ4n) is 1.61. The Labute approximate surface area is 109 Å². The number of aryl methyl sites for hydroxylation is 2. The number of nitrogens with one attached hydrogen (secondary N) is 1. The molecule has 0 saturated heterocycles. The first-order valence-corrected chi connectivity index (χ1v) is 6.62. The first-order valence-electron chi connectivity index (χ1n) is 5.80. The third-order valence-electron chi connectivity index (χ3n) is 2.51. The van der Waals surface area contributed by atoms with Crippen LogP contribution in [0.15, 0.2) is 10.7 Å². The second-order valence-electron chi connectivity index (χ2n) is 3.98. The lowest BCUT2D eigenvalue weighted by Gasteiger charge is -1.98. The lowest BCUT2D eigenvalue weighted by atomic mass is 10.2. The first kappa shape index (κ1) is 12.8. The van der Waals surface area contributed by atoms with Gasteiger partial charge in [0.05, 0.1) is 17.5 Å². The molecule has 0 aliphatic rings. The monoisotopic (exact) mass is 265 g/mol. The second-order valence-corrected chi connectivity index (χ2v) is 5.02. The SMILES string of the molecule is CCCNC(=O)c1cnc(-c2c(C)noc2C)s1. The standard InChI is InChI=1S/C12H15N3O2S/c1-4-5-13-11(16)9-6-14-12(18-9)10-7(2)15-17-8(10)3/h6H,4-5H2,1-3H3,(H,13,16). The van der Waals surface area contributed by atoms with Gasteiger partial charge in [-0.15, -0.1) is 11.3 Å². The van der Waals surface area contributed by atoms with Gasteiger partial charge in [0.2, 0.25) is 0 Å². The molecule has 1 amide bonds. The molecule has 0 saturated carbocycles. The van der Waals surface area contributed by atoms with E-state index in [1.165, 1.54) is 11.3 Å². The van der Waals surface area contributed by atoms with Crippen LogP contribution in [-0.4, -0.2) is 22.6 Å². The maximum atomic E-state index is 11.8. The number of hydrogen-bond donors (Lipinski definition) is 1. The fourth-order valence-corrected chi connectivity index (χ4v) is 2.59. The van der Waals surface area contributed by atoms with E-state index in [4.69, 9.17) is 4.52 Å². The Kier molecular flexibility index (Phi) is 3.76. The summed E-state index contributed by atoms with van der Waals surface area (Å²) in [6, 6.07) is 0. The van der Waals surface area contributed by atoms with Gasteiger partial charge in [0.1, 0.15) is 15.6 Å². The number of hydrogen-bond acceptors (Lipinski definition) is 5. The van der Waals surface area contributed by atoms with Crippen LogP contribution in [0, 0.1) is 13.8 Å². The maximum Gasteiger partial charge on any atom is 0.263 e. The van der Waals surface area contributed by atoms with E-state index >= 15 is 0 Å². The Morgan fingerprint density at radius 3 is 2.89 bits per heavy atom. The van der Waals surface area contributed by atoms with E-state index < -0.39 is 0 Å². The minimum Gasteiger partial charge on any atom is -0.361 e. The van der Waals surface area contributed by atoms with E-state index in [1.807, 2.05) is 20.8 Å². The van der Waals surface area contributed by atoms with E-state index in [2.05, 4.69) is 15.5 Å². The van der Waals surface area contributed by atoms with Gasteiger partial charge in [-0.3, -0.25) is 4.79 Å². The molecule has 2 aromatic rings. The second kappa shape index (κ2) is 5.30. The molecule has 0 radical (unpaired) electrons. The highest BCUT2D eigenvalue weighted by Gasteiger charge is 2.17. The summed E-state index contributed by atoms with van der Waals surface area (Å²) in [6.45, 7) is 6.40. The number of thiazole rings is 1. The van der Waals surface area contributed by atoms with E-state index in [0.29, 0.717) is 11.4 Å². The number of nitrogens with zero attached hydrogens (tertiary/aromatic N) is 2. The Morgan fingerprint density at radius 1 is 1.50 bits per heavy atom. The van der Waals surface area contributed by atoms with Crippen LogP contribution in [0.3, 0.4) is 0 Å². The van der Waals surface area contributed by atoms with Crippen molar-refractivity contribution in [3.05, 3.63) is 22.5 Å². The first-order chi connectivity index (χ1) is 8.63. The van der Waals surface area contributed by atoms with Crippen molar-refractivity contribution in [2.75, 3.05) is 6.54 Å². The van der Waals surface area contributed by atoms with Gasteiger partial charge in [-0.2, -0.15) is 0 Å². The molecule has 0 spiro atoms. The van der Waals surface area contributed by atoms with E-state index in [1.54, 1.807) is 6.20 Å². The zero-order valence-electron chi connectivity index (χ0n) is 10.6. The van der Waals surface area contributed by atoms with Gasteiger partial charge in [-0.25, -0.2) is 4.98 Å². The summed E-state index contributed by atoms with van der Waals surface area (Å²) in [6.07, 6.45) is 2.51. The summed E-state index contributed by atoms with van der Waals surface area (Å²) in [4.78, 5) is 16.7. The van der Waals surface area contributed by atoms with Crippen LogP contribution in [0.5, 0.6) is 0 Å². The van der Waals surface area contributed by atoms with Crippen LogP contribution in [0.25, 0.3) is 10.6 Å². The summed E-state index contributed by atoms with van der Waals surface area (Å²) >= 11 is 1.35. The molecule has 0 aliphatic heterocycles. The molecule has 2 heterocycles. The Balaban J connectivity index is 2.23. The van der Waals surface area contributed by atoms with Crippen molar-refractivity contribution >= 4 is 17.2 Å². The van der Waals surface area contributed by atoms with Crippen LogP contribution in [0.1, 0.15) is 34.5 Å². The molecular weight excluding hydrogens is 250 g/mol. The third kappa shape index (κ3) is 2.43. The van der Waals surface area contributed by atoms with Gasteiger partial charge >= 0.3 is 0 Å². The van der Waals surface area contributed by atoms with Crippen molar-refractivity contribution in [1.29, 1.82) is 0 Å². The zero-order chi connectivity index (χ0) is 13.1. The third-order valence-corrected chi connectivity index (χ3v) is 3.53. The molecule has 18 heavy (non-hydrogen) atoms. The molecule has 6 heteroatoms. The quantitative estimate of drug-likeness (QED) is 0.922. The van der Waals surface area contributed by atoms with Crippen molar-refractivity contribution in [2.45, 2.75) is 27.2 Å². The van der Waals surface area contributed by atoms with Crippen molar-refractivity contribution in [3.63, 3.8) is 0 Å². The van der Waals surface area contributed by atoms with Gasteiger partial charge in [0.15, 0.2) is 0 Å². The van der Waals surface area contributed by atoms with Gasteiger partial charge in [0.25, 0.3) is 5.91 Å². The molecule has 0 unspecified atom stereocenters. The van der Waals surface area contributed by atoms with Gasteiger partial charge < -0.3 is 9.84 Å². The van der Waals surface area contributed by atoms with Gasteiger partial charge in [-0.05, 0) is 20.3 Å². The average Bonchev–Trinajstić information content (AvgIpc) is 2.93. The summed E-state index contributed by atoms with van der Waals surface area (Å²) in [5.41, 5.74) is 1.68. The van der Waals surface area contributed by atoms with Crippen LogP contribution >= 0.6 is 11.3 Å². The highest BCUT2D eigenvalue weighted by molar-refractivity contribution is 7.16. The summed E-state index contributed by atoms with van der Waals surface area (Å²) in [5.74, 6) is 0.648. The average molecular weight is 265 g/mol. The molecule has 5 nitrogen and oxygen atoms in total. The number of amides is 1. The number of aromatic nitrogens is 2. The van der Waals surface area contributed by atoms with E-state index in [-0.39, 0.29) is 5.91 Å². The van der Waals surface area contributed by atoms with Crippen LogP contribution in [0.4, 0.5) is 0 Å². The predicted octanol–water partition coefficient (Wildman–Crippen LogP) is 2.55. The number of rotatable bonds is 4. The van der Waals surface area contributed by atoms with E-state index in [9.17, 15) is 4.79 Å². The molecule has 0 fully saturated rings. The normalized spacial score (nSPS) is 10.6. The van der Waals surface area contributed by atoms with Crippen molar-refractivity contribution in [3.8, 4) is 10.6 Å². The lowest BCUT2D eigenvalue weighted by Crippen LogP contribution is -2.22. The van der Waals surface area contributed by atoms with Crippen molar-refractivity contribution in [2.24, 2.45) is 0 Å². The van der Waals surface area contributed by atoms with Crippen LogP contribution < -0.4 is 5.32 Å². The highest BCUT2D eigenvalue weighted by atomic mass is 32.1. The topological polar surface area (TPSA) is 68.0 Å². The van der Waals surface area contributed by atoms with Gasteiger partial charge in [-0.1, -0.05) is 12.1 Å². The minimum absolute atomic E-state index is 0.0765. The minimum atomic E-state index is -0.0765. The summed E-state index contributed by atoms with van der Waals surface area (Å²) in [5, 5.41) is 7.49. The fraction of sp³-hybridized carbons (Fsp3) is 0.417. The van der Waals surface area contributed by atoms with E-state index in [0.717, 1.165) is 28.4 Å². The van der Waals surface area contributed by atoms with Crippen LogP contribution in [0.2, 0.25) is 0 Å². The molecule has 0 atom stereocenters. The molecule has 96 valence electrons. The molecule has 0 bridgehead atoms. The summed E-state index contributed by atoms with van der Waals surface area (Å²) < 4.78 is 5.10. The Hall–Kier alpha value is -1.69. The molecule has 2 rings (SSSR count). The zero-order valence-corrected chi connectivity index (χ0v) is 11.4. The van der Waals surface area contributed by atoms with Crippen molar-refractivity contribution in [1.82, 2.24) is 15.5 Å². The largest absolute Gasteiger partial charge is 0.361 e. The lowest BCUT2D eigenvalue weighted by molar-refractivity contribution is 0.0957. The summed E-state index contributed by atoms with van der Waals surface area (Å²) in [7, 11) is 0. The number of carbonyl (C=O) groups excluding carboxylic acids is 1. The predicted molar refractivity (Wildman–Crippen MR) is 69.7 cm³/mol. The van der Waals surface area contributed by atoms with Crippen LogP contribution in [-0.2, 0) is 0 Å². The highest BCUT2D eigenvalue weighted by Crippen LogP contribution is 2.30. The van der Waals surface area contributed by atoms with Gasteiger partial charge in [0, 0.05) is 6.54 Å². The maximum absolute atomic E-state index is 11.8. The Morgan fingerprint density at radius 2 is 2.28 bits per heavy atom. The molecular formula is C12H15N3O2S. The number of carbonyl (C=O) groups is 1. The van der Waals surface area contributed by atoms with Crippen molar-refractivity contribution < 1.29 is 9.32 Å². The molecule has 0 aliphatic carbocycles. The Bertz CT molecular complexity index is 540.